The van der Waals surface area contributed by atoms with Gasteiger partial charge < -0.3 is 20.9 Å². The lowest BCUT2D eigenvalue weighted by Crippen LogP contribution is -2.30. The van der Waals surface area contributed by atoms with E-state index in [0.29, 0.717) is 27.7 Å². The highest BCUT2D eigenvalue weighted by molar-refractivity contribution is 8.00. The molecule has 1 aliphatic rings. The molecular weight excluding hydrogens is 651 g/mol. The number of anilines is 3. The number of nitriles is 1. The summed E-state index contributed by atoms with van der Waals surface area (Å²) < 4.78 is 0. The minimum atomic E-state index is -0.486. The summed E-state index contributed by atoms with van der Waals surface area (Å²) in [5, 5.41) is 19.2. The van der Waals surface area contributed by atoms with Gasteiger partial charge in [-0.1, -0.05) is 57.2 Å². The predicted octanol–water partition coefficient (Wildman–Crippen LogP) is 7.98. The molecule has 0 radical (unpaired) electrons. The summed E-state index contributed by atoms with van der Waals surface area (Å²) in [6.07, 6.45) is 4.46. The van der Waals surface area contributed by atoms with Crippen molar-refractivity contribution in [2.45, 2.75) is 44.9 Å². The predicted molar refractivity (Wildman–Crippen MR) is 201 cm³/mol. The summed E-state index contributed by atoms with van der Waals surface area (Å²) in [7, 11) is 3.90. The van der Waals surface area contributed by atoms with Gasteiger partial charge >= 0.3 is 0 Å². The minimum Gasteiger partial charge on any atom is -0.378 e. The summed E-state index contributed by atoms with van der Waals surface area (Å²) in [4.78, 5) is 43.6. The number of hydrogen-bond donors (Lipinski definition) is 3. The molecule has 1 heterocycles. The highest BCUT2D eigenvalue weighted by atomic mass is 32.2. The van der Waals surface area contributed by atoms with Crippen LogP contribution >= 0.6 is 23.1 Å². The average molecular weight is 692 g/mol. The molecule has 0 spiro atoms. The van der Waals surface area contributed by atoms with Gasteiger partial charge in [-0.3, -0.25) is 14.4 Å². The standard InChI is InChI=1S/C39H41N5O3S2/c1-39(2,3)27-16-19-31-32(23-40)38(49-34(31)21-27)43-35(45)24-48-30-13-9-12-28(22-30)41-37(47)33(42-36(46)26-10-7-6-8-11-26)20-25-14-17-29(18-15-25)44(4)5/h6-15,17-18,20,22,27H,16,19,21,24H2,1-5H3,(H,41,47)(H,42,46)(H,43,45)/b33-20+. The van der Waals surface area contributed by atoms with E-state index in [9.17, 15) is 19.6 Å². The second-order valence-electron chi connectivity index (χ2n) is 13.3. The van der Waals surface area contributed by atoms with E-state index >= 15 is 0 Å². The van der Waals surface area contributed by atoms with Crippen LogP contribution in [0.25, 0.3) is 6.08 Å². The lowest BCUT2D eigenvalue weighted by molar-refractivity contribution is -0.114. The van der Waals surface area contributed by atoms with Crippen molar-refractivity contribution in [3.63, 3.8) is 0 Å². The summed E-state index contributed by atoms with van der Waals surface area (Å²) in [5.41, 5.74) is 4.65. The van der Waals surface area contributed by atoms with Crippen LogP contribution in [0.2, 0.25) is 0 Å². The Bertz CT molecular complexity index is 1900. The maximum absolute atomic E-state index is 13.6. The zero-order chi connectivity index (χ0) is 35.1. The van der Waals surface area contributed by atoms with Gasteiger partial charge in [-0.2, -0.15) is 5.26 Å². The van der Waals surface area contributed by atoms with Gasteiger partial charge in [0.15, 0.2) is 0 Å². The van der Waals surface area contributed by atoms with E-state index in [1.807, 2.05) is 55.4 Å². The SMILES string of the molecule is CN(C)c1ccc(/C=C(/NC(=O)c2ccccc2)C(=O)Nc2cccc(SCC(=O)Nc3sc4c(c3C#N)CCC(C(C)(C)C)C4)c2)cc1. The van der Waals surface area contributed by atoms with Crippen molar-refractivity contribution < 1.29 is 14.4 Å². The van der Waals surface area contributed by atoms with Crippen molar-refractivity contribution in [3.05, 3.63) is 112 Å². The summed E-state index contributed by atoms with van der Waals surface area (Å²) in [5.74, 6) is -0.409. The van der Waals surface area contributed by atoms with Gasteiger partial charge in [-0.25, -0.2) is 0 Å². The molecule has 49 heavy (non-hydrogen) atoms. The third kappa shape index (κ3) is 9.19. The lowest BCUT2D eigenvalue weighted by atomic mass is 9.72. The maximum Gasteiger partial charge on any atom is 0.272 e. The molecule has 1 unspecified atom stereocenters. The van der Waals surface area contributed by atoms with Gasteiger partial charge in [0.05, 0.1) is 11.3 Å². The first-order chi connectivity index (χ1) is 23.4. The molecule has 3 amide bonds. The van der Waals surface area contributed by atoms with Crippen molar-refractivity contribution >= 4 is 63.3 Å². The molecule has 0 saturated carbocycles. The van der Waals surface area contributed by atoms with E-state index in [2.05, 4.69) is 42.8 Å². The molecule has 8 nitrogen and oxygen atoms in total. The van der Waals surface area contributed by atoms with E-state index in [-0.39, 0.29) is 22.8 Å². The first-order valence-electron chi connectivity index (χ1n) is 16.2. The Morgan fingerprint density at radius 3 is 2.41 bits per heavy atom. The number of nitrogens with one attached hydrogen (secondary N) is 3. The first-order valence-corrected chi connectivity index (χ1v) is 18.0. The third-order valence-electron chi connectivity index (χ3n) is 8.57. The zero-order valence-electron chi connectivity index (χ0n) is 28.4. The molecule has 1 aromatic heterocycles. The second-order valence-corrected chi connectivity index (χ2v) is 15.5. The molecule has 1 atom stereocenters. The molecule has 10 heteroatoms. The van der Waals surface area contributed by atoms with Crippen LogP contribution in [-0.2, 0) is 22.4 Å². The molecule has 4 aromatic rings. The molecular formula is C39H41N5O3S2. The number of carbonyl (C=O) groups is 3. The normalized spacial score (nSPS) is 14.3. The van der Waals surface area contributed by atoms with Gasteiger partial charge in [0.25, 0.3) is 11.8 Å². The highest BCUT2D eigenvalue weighted by Crippen LogP contribution is 2.44. The van der Waals surface area contributed by atoms with Crippen molar-refractivity contribution in [1.82, 2.24) is 5.32 Å². The number of carbonyl (C=O) groups excluding carboxylic acids is 3. The summed E-state index contributed by atoms with van der Waals surface area (Å²) >= 11 is 2.86. The Hall–Kier alpha value is -4.85. The van der Waals surface area contributed by atoms with Crippen molar-refractivity contribution in [2.24, 2.45) is 11.3 Å². The number of hydrogen-bond acceptors (Lipinski definition) is 7. The number of rotatable bonds is 10. The van der Waals surface area contributed by atoms with Crippen LogP contribution < -0.4 is 20.9 Å². The molecule has 3 N–H and O–H groups in total. The molecule has 5 rings (SSSR count). The quantitative estimate of drug-likeness (QED) is 0.115. The van der Waals surface area contributed by atoms with E-state index in [4.69, 9.17) is 0 Å². The second kappa shape index (κ2) is 15.6. The Labute approximate surface area is 296 Å². The monoisotopic (exact) mass is 691 g/mol. The maximum atomic E-state index is 13.6. The van der Waals surface area contributed by atoms with Crippen molar-refractivity contribution in [1.29, 1.82) is 5.26 Å². The Morgan fingerprint density at radius 2 is 1.73 bits per heavy atom. The molecule has 0 bridgehead atoms. The molecule has 252 valence electrons. The van der Waals surface area contributed by atoms with Crippen molar-refractivity contribution in [3.8, 4) is 6.07 Å². The van der Waals surface area contributed by atoms with Crippen LogP contribution in [0.5, 0.6) is 0 Å². The van der Waals surface area contributed by atoms with Crippen LogP contribution in [0.4, 0.5) is 16.4 Å². The fraction of sp³-hybridized carbons (Fsp3) is 0.282. The van der Waals surface area contributed by atoms with Gasteiger partial charge in [0.2, 0.25) is 5.91 Å². The van der Waals surface area contributed by atoms with Crippen molar-refractivity contribution in [2.75, 3.05) is 35.4 Å². The van der Waals surface area contributed by atoms with Crippen LogP contribution in [-0.4, -0.2) is 37.6 Å². The minimum absolute atomic E-state index is 0.0876. The number of thioether (sulfide) groups is 1. The number of thiophene rings is 1. The van der Waals surface area contributed by atoms with E-state index < -0.39 is 11.8 Å². The fourth-order valence-corrected chi connectivity index (χ4v) is 7.73. The first kappa shape index (κ1) is 35.5. The molecule has 0 aliphatic heterocycles. The Balaban J connectivity index is 1.25. The lowest BCUT2D eigenvalue weighted by Gasteiger charge is -2.33. The largest absolute Gasteiger partial charge is 0.378 e. The third-order valence-corrected chi connectivity index (χ3v) is 10.7. The molecule has 1 aliphatic carbocycles. The average Bonchev–Trinajstić information content (AvgIpc) is 3.43. The van der Waals surface area contributed by atoms with Gasteiger partial charge in [0.1, 0.15) is 16.8 Å². The number of fused-ring (bicyclic) bond motifs is 1. The topological polar surface area (TPSA) is 114 Å². The number of benzene rings is 3. The Kier molecular flexibility index (Phi) is 11.3. The number of nitrogens with zero attached hydrogens (tertiary/aromatic N) is 2. The fourth-order valence-electron chi connectivity index (χ4n) is 5.68. The molecule has 3 aromatic carbocycles. The number of amides is 3. The van der Waals surface area contributed by atoms with E-state index in [0.717, 1.165) is 41.0 Å². The molecule has 0 fully saturated rings. The van der Waals surface area contributed by atoms with E-state index in [1.165, 1.54) is 28.0 Å². The highest BCUT2D eigenvalue weighted by Gasteiger charge is 2.32. The smallest absolute Gasteiger partial charge is 0.272 e. The van der Waals surface area contributed by atoms with Gasteiger partial charge in [0, 0.05) is 40.8 Å². The van der Waals surface area contributed by atoms with Crippen LogP contribution in [0.15, 0.2) is 89.5 Å². The molecule has 0 saturated heterocycles. The summed E-state index contributed by atoms with van der Waals surface area (Å²) in [6, 6.07) is 25.9. The van der Waals surface area contributed by atoms with Crippen LogP contribution in [0, 0.1) is 22.7 Å². The summed E-state index contributed by atoms with van der Waals surface area (Å²) in [6.45, 7) is 6.77. The van der Waals surface area contributed by atoms with E-state index in [1.54, 1.807) is 48.5 Å². The van der Waals surface area contributed by atoms with Crippen LogP contribution in [0.1, 0.15) is 59.1 Å². The van der Waals surface area contributed by atoms with Crippen LogP contribution in [0.3, 0.4) is 0 Å². The van der Waals surface area contributed by atoms with Gasteiger partial charge in [-0.15, -0.1) is 23.1 Å². The van der Waals surface area contributed by atoms with Gasteiger partial charge in [-0.05, 0) is 90.3 Å². The zero-order valence-corrected chi connectivity index (χ0v) is 30.1. The Morgan fingerprint density at radius 1 is 1.00 bits per heavy atom.